The molecular weight excluding hydrogens is 246 g/mol. The summed E-state index contributed by atoms with van der Waals surface area (Å²) in [5.74, 6) is 0.109. The standard InChI is InChI=1S/C18H19NO/c20-18(16-10-5-11-19-16)17-14-8-3-1-6-12(14)13-7-2-4-9-15(13)17/h1-4,6-9,16-20H,5,10-11H2/t16-,18?/m1/s1. The number of benzene rings is 2. The summed E-state index contributed by atoms with van der Waals surface area (Å²) in [5, 5.41) is 14.3. The Bertz CT molecular complexity index is 585. The van der Waals surface area contributed by atoms with Crippen LogP contribution in [0.25, 0.3) is 11.1 Å². The third kappa shape index (κ3) is 1.72. The molecule has 1 aliphatic carbocycles. The monoisotopic (exact) mass is 265 g/mol. The normalized spacial score (nSPS) is 22.6. The van der Waals surface area contributed by atoms with Gasteiger partial charge in [-0.05, 0) is 41.6 Å². The summed E-state index contributed by atoms with van der Waals surface area (Å²) in [7, 11) is 0. The van der Waals surface area contributed by atoms with Crippen LogP contribution < -0.4 is 5.32 Å². The Morgan fingerprint density at radius 3 is 2.10 bits per heavy atom. The smallest absolute Gasteiger partial charge is 0.0802 e. The van der Waals surface area contributed by atoms with Crippen LogP contribution in [0.15, 0.2) is 48.5 Å². The third-order valence-corrected chi connectivity index (χ3v) is 4.73. The minimum atomic E-state index is -0.345. The maximum absolute atomic E-state index is 10.9. The summed E-state index contributed by atoms with van der Waals surface area (Å²) in [5.41, 5.74) is 5.11. The number of nitrogens with one attached hydrogen (secondary N) is 1. The fourth-order valence-corrected chi connectivity index (χ4v) is 3.80. The van der Waals surface area contributed by atoms with Gasteiger partial charge in [0.25, 0.3) is 0 Å². The molecule has 2 aliphatic rings. The van der Waals surface area contributed by atoms with Crippen molar-refractivity contribution >= 4 is 0 Å². The van der Waals surface area contributed by atoms with Crippen LogP contribution in [0.1, 0.15) is 29.9 Å². The first-order chi connectivity index (χ1) is 9.86. The molecule has 1 saturated heterocycles. The van der Waals surface area contributed by atoms with Crippen LogP contribution in [-0.2, 0) is 0 Å². The van der Waals surface area contributed by atoms with E-state index in [2.05, 4.69) is 53.8 Å². The van der Waals surface area contributed by atoms with E-state index in [1.54, 1.807) is 0 Å². The Balaban J connectivity index is 1.82. The highest BCUT2D eigenvalue weighted by Gasteiger charge is 2.37. The van der Waals surface area contributed by atoms with Gasteiger partial charge in [-0.2, -0.15) is 0 Å². The second kappa shape index (κ2) is 4.72. The number of hydrogen-bond donors (Lipinski definition) is 2. The van der Waals surface area contributed by atoms with Gasteiger partial charge in [0.1, 0.15) is 0 Å². The van der Waals surface area contributed by atoms with E-state index in [4.69, 9.17) is 0 Å². The minimum Gasteiger partial charge on any atom is -0.391 e. The lowest BCUT2D eigenvalue weighted by Crippen LogP contribution is -2.38. The van der Waals surface area contributed by atoms with Crippen molar-refractivity contribution in [2.24, 2.45) is 0 Å². The summed E-state index contributed by atoms with van der Waals surface area (Å²) in [6.45, 7) is 1.03. The highest BCUT2D eigenvalue weighted by molar-refractivity contribution is 5.79. The van der Waals surface area contributed by atoms with Gasteiger partial charge in [-0.25, -0.2) is 0 Å². The van der Waals surface area contributed by atoms with Gasteiger partial charge < -0.3 is 10.4 Å². The van der Waals surface area contributed by atoms with Crippen LogP contribution in [0.4, 0.5) is 0 Å². The molecule has 2 nitrogen and oxygen atoms in total. The lowest BCUT2D eigenvalue weighted by molar-refractivity contribution is 0.120. The molecule has 0 spiro atoms. The first kappa shape index (κ1) is 12.1. The maximum atomic E-state index is 10.9. The van der Waals surface area contributed by atoms with Gasteiger partial charge in [0.05, 0.1) is 6.10 Å². The Kier molecular flexibility index (Phi) is 2.86. The molecule has 4 rings (SSSR count). The maximum Gasteiger partial charge on any atom is 0.0802 e. The molecule has 0 aromatic heterocycles. The molecule has 1 fully saturated rings. The van der Waals surface area contributed by atoms with E-state index in [-0.39, 0.29) is 18.1 Å². The minimum absolute atomic E-state index is 0.109. The molecular formula is C18H19NO. The first-order valence-corrected chi connectivity index (χ1v) is 7.46. The van der Waals surface area contributed by atoms with E-state index in [1.165, 1.54) is 22.3 Å². The van der Waals surface area contributed by atoms with E-state index in [0.29, 0.717) is 0 Å². The number of hydrogen-bond acceptors (Lipinski definition) is 2. The zero-order chi connectivity index (χ0) is 13.5. The van der Waals surface area contributed by atoms with Gasteiger partial charge in [0.15, 0.2) is 0 Å². The molecule has 2 aromatic rings. The Morgan fingerprint density at radius 2 is 1.55 bits per heavy atom. The van der Waals surface area contributed by atoms with Crippen LogP contribution in [0.3, 0.4) is 0 Å². The van der Waals surface area contributed by atoms with E-state index in [0.717, 1.165) is 19.4 Å². The number of rotatable bonds is 2. The van der Waals surface area contributed by atoms with E-state index >= 15 is 0 Å². The van der Waals surface area contributed by atoms with Gasteiger partial charge in [-0.15, -0.1) is 0 Å². The lowest BCUT2D eigenvalue weighted by atomic mass is 9.87. The van der Waals surface area contributed by atoms with Crippen molar-refractivity contribution in [3.8, 4) is 11.1 Å². The molecule has 0 saturated carbocycles. The van der Waals surface area contributed by atoms with Crippen molar-refractivity contribution in [3.63, 3.8) is 0 Å². The van der Waals surface area contributed by atoms with Crippen molar-refractivity contribution in [3.05, 3.63) is 59.7 Å². The van der Waals surface area contributed by atoms with Crippen molar-refractivity contribution in [2.45, 2.75) is 30.9 Å². The predicted molar refractivity (Wildman–Crippen MR) is 80.8 cm³/mol. The second-order valence-electron chi connectivity index (χ2n) is 5.85. The SMILES string of the molecule is OC(C1c2ccccc2-c2ccccc21)[C@H]1CCCN1. The summed E-state index contributed by atoms with van der Waals surface area (Å²) in [6.07, 6.45) is 1.89. The molecule has 0 radical (unpaired) electrons. The average Bonchev–Trinajstić information content (AvgIpc) is 3.13. The van der Waals surface area contributed by atoms with E-state index in [9.17, 15) is 5.11 Å². The third-order valence-electron chi connectivity index (χ3n) is 4.73. The molecule has 2 heteroatoms. The van der Waals surface area contributed by atoms with Crippen molar-refractivity contribution < 1.29 is 5.11 Å². The fourth-order valence-electron chi connectivity index (χ4n) is 3.80. The zero-order valence-electron chi connectivity index (χ0n) is 11.4. The topological polar surface area (TPSA) is 32.3 Å². The fraction of sp³-hybridized carbons (Fsp3) is 0.333. The quantitative estimate of drug-likeness (QED) is 0.875. The summed E-state index contributed by atoms with van der Waals surface area (Å²) in [6, 6.07) is 17.2. The number of aliphatic hydroxyl groups is 1. The van der Waals surface area contributed by atoms with Crippen molar-refractivity contribution in [1.82, 2.24) is 5.32 Å². The molecule has 2 aromatic carbocycles. The Labute approximate surface area is 119 Å². The van der Waals surface area contributed by atoms with Gasteiger partial charge in [-0.3, -0.25) is 0 Å². The van der Waals surface area contributed by atoms with E-state index in [1.807, 2.05) is 0 Å². The van der Waals surface area contributed by atoms with E-state index < -0.39 is 0 Å². The number of fused-ring (bicyclic) bond motifs is 3. The predicted octanol–water partition coefficient (Wildman–Crippen LogP) is 2.91. The largest absolute Gasteiger partial charge is 0.391 e. The van der Waals surface area contributed by atoms with Crippen LogP contribution in [0, 0.1) is 0 Å². The molecule has 1 unspecified atom stereocenters. The molecule has 20 heavy (non-hydrogen) atoms. The van der Waals surface area contributed by atoms with Crippen molar-refractivity contribution in [1.29, 1.82) is 0 Å². The van der Waals surface area contributed by atoms with Crippen molar-refractivity contribution in [2.75, 3.05) is 6.54 Å². The number of aliphatic hydroxyl groups excluding tert-OH is 1. The molecule has 1 heterocycles. The van der Waals surface area contributed by atoms with Gasteiger partial charge in [-0.1, -0.05) is 48.5 Å². The van der Waals surface area contributed by atoms with Gasteiger partial charge in [0, 0.05) is 12.0 Å². The molecule has 1 aliphatic heterocycles. The molecule has 2 N–H and O–H groups in total. The Morgan fingerprint density at radius 1 is 0.950 bits per heavy atom. The van der Waals surface area contributed by atoms with Gasteiger partial charge >= 0.3 is 0 Å². The highest BCUT2D eigenvalue weighted by Crippen LogP contribution is 2.47. The molecule has 102 valence electrons. The molecule has 2 atom stereocenters. The van der Waals surface area contributed by atoms with Crippen LogP contribution >= 0.6 is 0 Å². The second-order valence-corrected chi connectivity index (χ2v) is 5.85. The molecule has 0 bridgehead atoms. The highest BCUT2D eigenvalue weighted by atomic mass is 16.3. The van der Waals surface area contributed by atoms with Gasteiger partial charge in [0.2, 0.25) is 0 Å². The van der Waals surface area contributed by atoms with Crippen LogP contribution in [0.2, 0.25) is 0 Å². The summed E-state index contributed by atoms with van der Waals surface area (Å²) >= 11 is 0. The zero-order valence-corrected chi connectivity index (χ0v) is 11.4. The summed E-state index contributed by atoms with van der Waals surface area (Å²) < 4.78 is 0. The first-order valence-electron chi connectivity index (χ1n) is 7.46. The van der Waals surface area contributed by atoms with Crippen LogP contribution in [0.5, 0.6) is 0 Å². The average molecular weight is 265 g/mol. The Hall–Kier alpha value is -1.64. The van der Waals surface area contributed by atoms with Crippen LogP contribution in [-0.4, -0.2) is 23.8 Å². The summed E-state index contributed by atoms with van der Waals surface area (Å²) in [4.78, 5) is 0. The molecule has 0 amide bonds. The lowest BCUT2D eigenvalue weighted by Gasteiger charge is -2.26.